The van der Waals surface area contributed by atoms with Crippen LogP contribution in [-0.4, -0.2) is 30.6 Å². The highest BCUT2D eigenvalue weighted by Crippen LogP contribution is 2.34. The third-order valence-electron chi connectivity index (χ3n) is 3.83. The smallest absolute Gasteiger partial charge is 0.307 e. The van der Waals surface area contributed by atoms with E-state index in [4.69, 9.17) is 16.3 Å². The van der Waals surface area contributed by atoms with Crippen LogP contribution in [0.2, 0.25) is 5.02 Å². The standard InChI is InChI=1S/C16H21ClFNO2/c1-2-21-15(20)11-14(19-9-4-3-5-10-19)16-12(17)7-6-8-13(16)18/h6-8,14H,2-5,9-11H2,1H3. The summed E-state index contributed by atoms with van der Waals surface area (Å²) < 4.78 is 19.3. The van der Waals surface area contributed by atoms with Gasteiger partial charge in [0.15, 0.2) is 0 Å². The molecule has 1 aromatic carbocycles. The lowest BCUT2D eigenvalue weighted by Crippen LogP contribution is -2.35. The number of nitrogens with zero attached hydrogens (tertiary/aromatic N) is 1. The molecule has 1 unspecified atom stereocenters. The van der Waals surface area contributed by atoms with Gasteiger partial charge in [0.25, 0.3) is 0 Å². The zero-order chi connectivity index (χ0) is 15.2. The summed E-state index contributed by atoms with van der Waals surface area (Å²) in [7, 11) is 0. The van der Waals surface area contributed by atoms with Crippen molar-refractivity contribution in [1.82, 2.24) is 4.90 Å². The average Bonchev–Trinajstić information content (AvgIpc) is 2.47. The minimum absolute atomic E-state index is 0.133. The molecular weight excluding hydrogens is 293 g/mol. The molecule has 116 valence electrons. The van der Waals surface area contributed by atoms with E-state index in [2.05, 4.69) is 4.90 Å². The minimum Gasteiger partial charge on any atom is -0.466 e. The van der Waals surface area contributed by atoms with E-state index in [1.807, 2.05) is 0 Å². The van der Waals surface area contributed by atoms with Gasteiger partial charge in [0.05, 0.1) is 13.0 Å². The third-order valence-corrected chi connectivity index (χ3v) is 4.16. The number of piperidine rings is 1. The lowest BCUT2D eigenvalue weighted by atomic mass is 9.98. The minimum atomic E-state index is -0.359. The summed E-state index contributed by atoms with van der Waals surface area (Å²) in [6.45, 7) is 3.81. The van der Waals surface area contributed by atoms with E-state index >= 15 is 0 Å². The first-order chi connectivity index (χ1) is 10.1. The van der Waals surface area contributed by atoms with Crippen LogP contribution in [0.3, 0.4) is 0 Å². The molecule has 2 rings (SSSR count). The topological polar surface area (TPSA) is 29.5 Å². The Morgan fingerprint density at radius 2 is 2.10 bits per heavy atom. The van der Waals surface area contributed by atoms with Crippen LogP contribution in [0.25, 0.3) is 0 Å². The summed E-state index contributed by atoms with van der Waals surface area (Å²) in [5, 5.41) is 0.370. The van der Waals surface area contributed by atoms with Gasteiger partial charge in [-0.05, 0) is 45.0 Å². The molecule has 0 spiro atoms. The van der Waals surface area contributed by atoms with E-state index in [0.717, 1.165) is 25.9 Å². The Bertz CT molecular complexity index is 469. The fraction of sp³-hybridized carbons (Fsp3) is 0.562. The van der Waals surface area contributed by atoms with Crippen molar-refractivity contribution in [2.45, 2.75) is 38.6 Å². The van der Waals surface area contributed by atoms with E-state index in [9.17, 15) is 9.18 Å². The maximum Gasteiger partial charge on any atom is 0.307 e. The largest absolute Gasteiger partial charge is 0.466 e. The fourth-order valence-electron chi connectivity index (χ4n) is 2.85. The van der Waals surface area contributed by atoms with E-state index in [0.29, 0.717) is 17.2 Å². The number of rotatable bonds is 5. The summed E-state index contributed by atoms with van der Waals surface area (Å²) in [6, 6.07) is 4.29. The number of carbonyl (C=O) groups is 1. The molecule has 0 bridgehead atoms. The van der Waals surface area contributed by atoms with Gasteiger partial charge >= 0.3 is 5.97 Å². The summed E-state index contributed by atoms with van der Waals surface area (Å²) >= 11 is 6.19. The Morgan fingerprint density at radius 3 is 2.71 bits per heavy atom. The predicted molar refractivity (Wildman–Crippen MR) is 80.8 cm³/mol. The molecule has 0 N–H and O–H groups in total. The second kappa shape index (κ2) is 7.76. The maximum absolute atomic E-state index is 14.2. The number of likely N-dealkylation sites (tertiary alicyclic amines) is 1. The van der Waals surface area contributed by atoms with Gasteiger partial charge in [-0.25, -0.2) is 4.39 Å². The Kier molecular flexibility index (Phi) is 6.00. The number of esters is 1. The molecule has 1 fully saturated rings. The molecule has 0 aliphatic carbocycles. The van der Waals surface area contributed by atoms with Crippen molar-refractivity contribution in [3.8, 4) is 0 Å². The van der Waals surface area contributed by atoms with E-state index in [1.54, 1.807) is 19.1 Å². The highest BCUT2D eigenvalue weighted by atomic mass is 35.5. The first-order valence-corrected chi connectivity index (χ1v) is 7.85. The highest BCUT2D eigenvalue weighted by Gasteiger charge is 2.29. The summed E-state index contributed by atoms with van der Waals surface area (Å²) in [6.07, 6.45) is 3.43. The molecule has 1 saturated heterocycles. The normalized spacial score (nSPS) is 17.5. The summed E-state index contributed by atoms with van der Waals surface area (Å²) in [5.41, 5.74) is 0.411. The molecule has 0 aromatic heterocycles. The Morgan fingerprint density at radius 1 is 1.38 bits per heavy atom. The first kappa shape index (κ1) is 16.2. The molecule has 21 heavy (non-hydrogen) atoms. The zero-order valence-electron chi connectivity index (χ0n) is 12.3. The number of hydrogen-bond acceptors (Lipinski definition) is 3. The van der Waals surface area contributed by atoms with Crippen molar-refractivity contribution >= 4 is 17.6 Å². The van der Waals surface area contributed by atoms with Gasteiger partial charge in [-0.2, -0.15) is 0 Å². The van der Waals surface area contributed by atoms with Crippen LogP contribution in [0.4, 0.5) is 4.39 Å². The molecule has 5 heteroatoms. The van der Waals surface area contributed by atoms with Crippen LogP contribution in [0.5, 0.6) is 0 Å². The van der Waals surface area contributed by atoms with Crippen LogP contribution in [-0.2, 0) is 9.53 Å². The number of ether oxygens (including phenoxy) is 1. The molecule has 0 amide bonds. The van der Waals surface area contributed by atoms with Gasteiger partial charge in [0.2, 0.25) is 0 Å². The highest BCUT2D eigenvalue weighted by molar-refractivity contribution is 6.31. The average molecular weight is 314 g/mol. The quantitative estimate of drug-likeness (QED) is 0.771. The number of carbonyl (C=O) groups excluding carboxylic acids is 1. The van der Waals surface area contributed by atoms with Crippen LogP contribution in [0, 0.1) is 5.82 Å². The van der Waals surface area contributed by atoms with Gasteiger partial charge in [0, 0.05) is 16.6 Å². The monoisotopic (exact) mass is 313 g/mol. The van der Waals surface area contributed by atoms with E-state index in [-0.39, 0.29) is 24.2 Å². The molecule has 1 aliphatic rings. The molecule has 0 saturated carbocycles. The molecule has 1 heterocycles. The van der Waals surface area contributed by atoms with Crippen LogP contribution in [0.1, 0.15) is 44.2 Å². The predicted octanol–water partition coefficient (Wildman–Crippen LogP) is 3.96. The van der Waals surface area contributed by atoms with E-state index in [1.165, 1.54) is 12.5 Å². The van der Waals surface area contributed by atoms with Crippen molar-refractivity contribution in [2.24, 2.45) is 0 Å². The lowest BCUT2D eigenvalue weighted by Gasteiger charge is -2.34. The second-order valence-electron chi connectivity index (χ2n) is 5.26. The molecule has 3 nitrogen and oxygen atoms in total. The molecule has 1 aromatic rings. The second-order valence-corrected chi connectivity index (χ2v) is 5.66. The van der Waals surface area contributed by atoms with Crippen molar-refractivity contribution in [2.75, 3.05) is 19.7 Å². The number of halogens is 2. The van der Waals surface area contributed by atoms with Gasteiger partial charge in [0.1, 0.15) is 5.82 Å². The maximum atomic E-state index is 14.2. The SMILES string of the molecule is CCOC(=O)CC(c1c(F)cccc1Cl)N1CCCCC1. The van der Waals surface area contributed by atoms with Crippen molar-refractivity contribution in [3.63, 3.8) is 0 Å². The third kappa shape index (κ3) is 4.17. The zero-order valence-corrected chi connectivity index (χ0v) is 13.0. The Labute approximate surface area is 130 Å². The van der Waals surface area contributed by atoms with Crippen LogP contribution < -0.4 is 0 Å². The molecular formula is C16H21ClFNO2. The van der Waals surface area contributed by atoms with Gasteiger partial charge in [-0.1, -0.05) is 24.1 Å². The molecule has 0 radical (unpaired) electrons. The number of benzene rings is 1. The van der Waals surface area contributed by atoms with Crippen LogP contribution >= 0.6 is 11.6 Å². The number of hydrogen-bond donors (Lipinski definition) is 0. The van der Waals surface area contributed by atoms with Crippen molar-refractivity contribution in [3.05, 3.63) is 34.6 Å². The molecule has 1 atom stereocenters. The Balaban J connectivity index is 2.28. The van der Waals surface area contributed by atoms with Crippen LogP contribution in [0.15, 0.2) is 18.2 Å². The van der Waals surface area contributed by atoms with Crippen molar-refractivity contribution < 1.29 is 13.9 Å². The van der Waals surface area contributed by atoms with Gasteiger partial charge in [-0.3, -0.25) is 9.69 Å². The van der Waals surface area contributed by atoms with Gasteiger partial charge in [-0.15, -0.1) is 0 Å². The van der Waals surface area contributed by atoms with E-state index < -0.39 is 0 Å². The summed E-state index contributed by atoms with van der Waals surface area (Å²) in [4.78, 5) is 14.0. The lowest BCUT2D eigenvalue weighted by molar-refractivity contribution is -0.144. The first-order valence-electron chi connectivity index (χ1n) is 7.47. The molecule has 1 aliphatic heterocycles. The summed E-state index contributed by atoms with van der Waals surface area (Å²) in [5.74, 6) is -0.672. The van der Waals surface area contributed by atoms with Gasteiger partial charge < -0.3 is 4.74 Å². The fourth-order valence-corrected chi connectivity index (χ4v) is 3.14. The van der Waals surface area contributed by atoms with Crippen molar-refractivity contribution in [1.29, 1.82) is 0 Å². The Hall–Kier alpha value is -1.13.